The first-order valence-electron chi connectivity index (χ1n) is 9.43. The van der Waals surface area contributed by atoms with Crippen LogP contribution in [-0.2, 0) is 19.7 Å². The van der Waals surface area contributed by atoms with Crippen molar-refractivity contribution in [1.82, 2.24) is 0 Å². The summed E-state index contributed by atoms with van der Waals surface area (Å²) in [5.41, 5.74) is 1.69. The second kappa shape index (κ2) is 12.9. The number of rotatable bonds is 7. The molecule has 0 saturated carbocycles. The maximum atomic E-state index is 10.1. The lowest BCUT2D eigenvalue weighted by atomic mass is 9.78. The van der Waals surface area contributed by atoms with Gasteiger partial charge in [-0.3, -0.25) is 0 Å². The zero-order valence-corrected chi connectivity index (χ0v) is 24.2. The Morgan fingerprint density at radius 2 is 1.34 bits per heavy atom. The molecule has 0 aliphatic carbocycles. The number of hydrogen-bond acceptors (Lipinski definition) is 5. The van der Waals surface area contributed by atoms with Crippen molar-refractivity contribution in [2.24, 2.45) is 0 Å². The molecule has 2 aromatic rings. The molecule has 2 rings (SSSR count). The summed E-state index contributed by atoms with van der Waals surface area (Å²) in [4.78, 5) is 10.1. The van der Waals surface area contributed by atoms with Gasteiger partial charge in [0.05, 0.1) is 22.2 Å². The lowest BCUT2D eigenvalue weighted by Gasteiger charge is -2.30. The third-order valence-corrected chi connectivity index (χ3v) is 8.46. The lowest BCUT2D eigenvalue weighted by Crippen LogP contribution is -2.20. The number of carboxylic acids is 1. The highest BCUT2D eigenvalue weighted by Gasteiger charge is 2.31. The summed E-state index contributed by atoms with van der Waals surface area (Å²) in [6, 6.07) is 7.12. The SMILES string of the molecule is CC(C)(c1ccc(O)cc1)c1c(Br)c(Br)c(O)c(Br)c1Br.CCOC(=CC(=O)O)OCC. The topological polar surface area (TPSA) is 96.2 Å². The summed E-state index contributed by atoms with van der Waals surface area (Å²) < 4.78 is 12.5. The summed E-state index contributed by atoms with van der Waals surface area (Å²) in [6.07, 6.45) is 0.896. The van der Waals surface area contributed by atoms with E-state index in [1.165, 1.54) is 0 Å². The van der Waals surface area contributed by atoms with E-state index in [0.717, 1.165) is 26.1 Å². The number of halogens is 4. The first-order chi connectivity index (χ1) is 14.9. The molecule has 2 aromatic carbocycles. The Morgan fingerprint density at radius 3 is 1.72 bits per heavy atom. The Morgan fingerprint density at radius 1 is 0.906 bits per heavy atom. The van der Waals surface area contributed by atoms with E-state index in [9.17, 15) is 15.0 Å². The van der Waals surface area contributed by atoms with Crippen molar-refractivity contribution in [3.63, 3.8) is 0 Å². The van der Waals surface area contributed by atoms with Crippen LogP contribution in [0.15, 0.2) is 54.2 Å². The molecular formula is C22H24Br4O6. The van der Waals surface area contributed by atoms with Gasteiger partial charge in [-0.1, -0.05) is 26.0 Å². The van der Waals surface area contributed by atoms with Gasteiger partial charge in [-0.25, -0.2) is 4.79 Å². The molecule has 0 radical (unpaired) electrons. The maximum absolute atomic E-state index is 10.1. The Bertz CT molecular complexity index is 934. The summed E-state index contributed by atoms with van der Waals surface area (Å²) in [7, 11) is 0. The smallest absolute Gasteiger partial charge is 0.335 e. The van der Waals surface area contributed by atoms with Crippen molar-refractivity contribution in [2.75, 3.05) is 13.2 Å². The molecule has 0 bridgehead atoms. The summed E-state index contributed by atoms with van der Waals surface area (Å²) in [5.74, 6) is -0.635. The number of aromatic hydroxyl groups is 2. The van der Waals surface area contributed by atoms with Crippen LogP contribution in [0.25, 0.3) is 0 Å². The van der Waals surface area contributed by atoms with Crippen LogP contribution in [0.2, 0.25) is 0 Å². The standard InChI is InChI=1S/C15H12Br4O2.C7H12O4/c1-15(2,7-3-5-8(20)6-4-7)9-10(16)12(18)14(21)13(19)11(9)17;1-3-10-7(11-4-2)5-6(8)9/h3-6,20-21H,1-2H3;5H,3-4H2,1-2H3,(H,8,9). The minimum Gasteiger partial charge on any atom is -0.508 e. The van der Waals surface area contributed by atoms with Gasteiger partial charge < -0.3 is 24.8 Å². The Balaban J connectivity index is 0.000000396. The molecule has 0 heterocycles. The van der Waals surface area contributed by atoms with E-state index in [4.69, 9.17) is 14.6 Å². The fourth-order valence-corrected chi connectivity index (χ4v) is 5.79. The van der Waals surface area contributed by atoms with E-state index >= 15 is 0 Å². The zero-order valence-electron chi connectivity index (χ0n) is 17.9. The van der Waals surface area contributed by atoms with Crippen LogP contribution < -0.4 is 0 Å². The van der Waals surface area contributed by atoms with Crippen LogP contribution in [0.5, 0.6) is 11.5 Å². The van der Waals surface area contributed by atoms with Crippen LogP contribution in [0.3, 0.4) is 0 Å². The molecule has 0 saturated heterocycles. The number of phenols is 2. The monoisotopic (exact) mass is 700 g/mol. The van der Waals surface area contributed by atoms with Crippen molar-refractivity contribution in [3.05, 3.63) is 65.3 Å². The van der Waals surface area contributed by atoms with Crippen LogP contribution in [0.4, 0.5) is 0 Å². The highest BCUT2D eigenvalue weighted by atomic mass is 79.9. The van der Waals surface area contributed by atoms with Crippen molar-refractivity contribution < 1.29 is 29.6 Å². The molecular weight excluding hydrogens is 680 g/mol. The molecule has 0 atom stereocenters. The average molecular weight is 704 g/mol. The van der Waals surface area contributed by atoms with E-state index in [1.807, 2.05) is 12.1 Å². The highest BCUT2D eigenvalue weighted by molar-refractivity contribution is 9.14. The number of hydrogen-bond donors (Lipinski definition) is 3. The lowest BCUT2D eigenvalue weighted by molar-refractivity contribution is -0.132. The predicted molar refractivity (Wildman–Crippen MR) is 138 cm³/mol. The maximum Gasteiger partial charge on any atom is 0.335 e. The third-order valence-electron chi connectivity index (χ3n) is 4.27. The molecule has 0 aliphatic heterocycles. The van der Waals surface area contributed by atoms with E-state index in [1.54, 1.807) is 26.0 Å². The second-order valence-electron chi connectivity index (χ2n) is 6.82. The van der Waals surface area contributed by atoms with Gasteiger partial charge >= 0.3 is 5.97 Å². The van der Waals surface area contributed by atoms with E-state index in [2.05, 4.69) is 77.6 Å². The number of benzene rings is 2. The normalized spacial score (nSPS) is 10.6. The van der Waals surface area contributed by atoms with Crippen LogP contribution in [0.1, 0.15) is 38.8 Å². The van der Waals surface area contributed by atoms with Gasteiger partial charge in [0.15, 0.2) is 0 Å². The van der Waals surface area contributed by atoms with Crippen molar-refractivity contribution in [1.29, 1.82) is 0 Å². The predicted octanol–water partition coefficient (Wildman–Crippen LogP) is 7.46. The van der Waals surface area contributed by atoms with Crippen LogP contribution in [0, 0.1) is 0 Å². The van der Waals surface area contributed by atoms with Crippen LogP contribution >= 0.6 is 63.7 Å². The fraction of sp³-hybridized carbons (Fsp3) is 0.318. The first kappa shape index (κ1) is 28.8. The molecule has 0 unspecified atom stereocenters. The van der Waals surface area contributed by atoms with Gasteiger partial charge in [-0.2, -0.15) is 0 Å². The van der Waals surface area contributed by atoms with Gasteiger partial charge in [0.2, 0.25) is 0 Å². The largest absolute Gasteiger partial charge is 0.508 e. The number of ether oxygens (including phenoxy) is 2. The number of aliphatic carboxylic acids is 1. The zero-order chi connectivity index (χ0) is 24.6. The highest BCUT2D eigenvalue weighted by Crippen LogP contribution is 2.51. The number of carboxylic acid groups (broad SMARTS) is 1. The Kier molecular flexibility index (Phi) is 11.6. The van der Waals surface area contributed by atoms with Gasteiger partial charge in [-0.05, 0) is 101 Å². The Labute approximate surface area is 221 Å². The van der Waals surface area contributed by atoms with Gasteiger partial charge in [0, 0.05) is 14.4 Å². The van der Waals surface area contributed by atoms with Gasteiger partial charge in [0.1, 0.15) is 17.6 Å². The quantitative estimate of drug-likeness (QED) is 0.158. The van der Waals surface area contributed by atoms with Gasteiger partial charge in [-0.15, -0.1) is 0 Å². The van der Waals surface area contributed by atoms with Crippen molar-refractivity contribution in [2.45, 2.75) is 33.1 Å². The van der Waals surface area contributed by atoms with Gasteiger partial charge in [0.25, 0.3) is 5.95 Å². The van der Waals surface area contributed by atoms with Crippen molar-refractivity contribution in [3.8, 4) is 11.5 Å². The Hall–Kier alpha value is -1.23. The third kappa shape index (κ3) is 7.40. The molecule has 176 valence electrons. The first-order valence-corrected chi connectivity index (χ1v) is 12.6. The average Bonchev–Trinajstić information content (AvgIpc) is 2.71. The van der Waals surface area contributed by atoms with E-state index < -0.39 is 5.97 Å². The molecule has 32 heavy (non-hydrogen) atoms. The number of carbonyl (C=O) groups is 1. The van der Waals surface area contributed by atoms with Crippen LogP contribution in [-0.4, -0.2) is 34.5 Å². The molecule has 0 aliphatic rings. The van der Waals surface area contributed by atoms with Crippen molar-refractivity contribution >= 4 is 69.7 Å². The van der Waals surface area contributed by atoms with E-state index in [-0.39, 0.29) is 22.9 Å². The molecule has 0 fully saturated rings. The molecule has 0 spiro atoms. The minimum absolute atomic E-state index is 0.0579. The molecule has 0 amide bonds. The summed E-state index contributed by atoms with van der Waals surface area (Å²) in [6.45, 7) is 8.49. The fourth-order valence-electron chi connectivity index (χ4n) is 2.70. The molecule has 6 nitrogen and oxygen atoms in total. The minimum atomic E-state index is -1.07. The number of phenolic OH excluding ortho intramolecular Hbond substituents is 2. The molecule has 3 N–H and O–H groups in total. The summed E-state index contributed by atoms with van der Waals surface area (Å²) in [5, 5.41) is 27.8. The second-order valence-corrected chi connectivity index (χ2v) is 9.99. The van der Waals surface area contributed by atoms with E-state index in [0.29, 0.717) is 22.2 Å². The molecule has 0 aromatic heterocycles. The summed E-state index contributed by atoms with van der Waals surface area (Å²) >= 11 is 13.9. The molecule has 10 heteroatoms.